The molecule has 1 rings (SSSR count). The van der Waals surface area contributed by atoms with Crippen LogP contribution < -0.4 is 5.32 Å². The van der Waals surface area contributed by atoms with E-state index in [4.69, 9.17) is 5.11 Å². The fourth-order valence-electron chi connectivity index (χ4n) is 1.61. The third-order valence-corrected chi connectivity index (χ3v) is 3.30. The van der Waals surface area contributed by atoms with Crippen LogP contribution in [0.3, 0.4) is 0 Å². The summed E-state index contributed by atoms with van der Waals surface area (Å²) < 4.78 is 13.5. The Morgan fingerprint density at radius 1 is 1.50 bits per heavy atom. The molecule has 0 aliphatic rings. The van der Waals surface area contributed by atoms with Gasteiger partial charge >= 0.3 is 5.97 Å². The Bertz CT molecular complexity index is 510. The number of nitro groups is 1. The Morgan fingerprint density at radius 3 is 2.75 bits per heavy atom. The molecule has 0 radical (unpaired) electrons. The molecule has 0 aliphatic carbocycles. The first-order valence-electron chi connectivity index (χ1n) is 5.91. The number of carbonyl (C=O) groups is 1. The van der Waals surface area contributed by atoms with Gasteiger partial charge < -0.3 is 10.4 Å². The molecular formula is C12H15FN2O4S. The lowest BCUT2D eigenvalue weighted by atomic mass is 10.1. The Labute approximate surface area is 119 Å². The van der Waals surface area contributed by atoms with Crippen molar-refractivity contribution in [3.05, 3.63) is 33.6 Å². The van der Waals surface area contributed by atoms with Crippen molar-refractivity contribution in [2.75, 3.05) is 23.9 Å². The van der Waals surface area contributed by atoms with Gasteiger partial charge in [0.2, 0.25) is 0 Å². The summed E-state index contributed by atoms with van der Waals surface area (Å²) in [5.74, 6) is -1.54. The fourth-order valence-corrected chi connectivity index (χ4v) is 2.11. The molecule has 1 aromatic rings. The van der Waals surface area contributed by atoms with Crippen LogP contribution in [0.5, 0.6) is 0 Å². The minimum Gasteiger partial charge on any atom is -0.478 e. The molecule has 110 valence electrons. The zero-order chi connectivity index (χ0) is 15.1. The summed E-state index contributed by atoms with van der Waals surface area (Å²) in [5.41, 5.74) is -1.14. The highest BCUT2D eigenvalue weighted by molar-refractivity contribution is 7.98. The lowest BCUT2D eigenvalue weighted by Crippen LogP contribution is -2.08. The standard InChI is InChI=1S/C12H15FN2O4S/c1-20-5-3-2-4-14-10-7-9(13)8(12(16)17)6-11(10)15(18)19/h6-7,14H,2-5H2,1H3,(H,16,17). The van der Waals surface area contributed by atoms with Crippen molar-refractivity contribution >= 4 is 29.1 Å². The van der Waals surface area contributed by atoms with E-state index in [2.05, 4.69) is 5.32 Å². The molecule has 0 fully saturated rings. The summed E-state index contributed by atoms with van der Waals surface area (Å²) in [4.78, 5) is 20.9. The largest absolute Gasteiger partial charge is 0.478 e. The van der Waals surface area contributed by atoms with E-state index in [1.54, 1.807) is 11.8 Å². The van der Waals surface area contributed by atoms with Gasteiger partial charge in [0.15, 0.2) is 0 Å². The number of nitrogens with zero attached hydrogens (tertiary/aromatic N) is 1. The number of carboxylic acid groups (broad SMARTS) is 1. The van der Waals surface area contributed by atoms with E-state index >= 15 is 0 Å². The smallest absolute Gasteiger partial charge is 0.338 e. The number of hydrogen-bond donors (Lipinski definition) is 2. The summed E-state index contributed by atoms with van der Waals surface area (Å²) in [7, 11) is 0. The Hall–Kier alpha value is -1.83. The number of benzene rings is 1. The monoisotopic (exact) mass is 302 g/mol. The van der Waals surface area contributed by atoms with Gasteiger partial charge in [0.05, 0.1) is 4.92 Å². The van der Waals surface area contributed by atoms with Crippen LogP contribution in [0.1, 0.15) is 23.2 Å². The number of carboxylic acids is 1. The number of rotatable bonds is 8. The van der Waals surface area contributed by atoms with Crippen molar-refractivity contribution in [3.8, 4) is 0 Å². The fraction of sp³-hybridized carbons (Fsp3) is 0.417. The van der Waals surface area contributed by atoms with E-state index in [1.165, 1.54) is 0 Å². The first kappa shape index (κ1) is 16.2. The van der Waals surface area contributed by atoms with Crippen molar-refractivity contribution in [1.82, 2.24) is 0 Å². The predicted octanol–water partition coefficient (Wildman–Crippen LogP) is 2.99. The van der Waals surface area contributed by atoms with Gasteiger partial charge in [0.1, 0.15) is 17.1 Å². The van der Waals surface area contributed by atoms with Gasteiger partial charge in [0.25, 0.3) is 5.69 Å². The van der Waals surface area contributed by atoms with Crippen LogP contribution in [0.4, 0.5) is 15.8 Å². The van der Waals surface area contributed by atoms with Gasteiger partial charge in [-0.15, -0.1) is 0 Å². The molecule has 0 atom stereocenters. The van der Waals surface area contributed by atoms with Crippen molar-refractivity contribution in [3.63, 3.8) is 0 Å². The molecule has 0 amide bonds. The molecule has 20 heavy (non-hydrogen) atoms. The molecular weight excluding hydrogens is 287 g/mol. The number of nitro benzene ring substituents is 1. The lowest BCUT2D eigenvalue weighted by molar-refractivity contribution is -0.384. The number of nitrogens with one attached hydrogen (secondary N) is 1. The summed E-state index contributed by atoms with van der Waals surface area (Å²) in [6.07, 6.45) is 3.72. The molecule has 0 aliphatic heterocycles. The summed E-state index contributed by atoms with van der Waals surface area (Å²) >= 11 is 1.70. The van der Waals surface area contributed by atoms with E-state index in [1.807, 2.05) is 6.26 Å². The van der Waals surface area contributed by atoms with Gasteiger partial charge in [0, 0.05) is 18.7 Å². The normalized spacial score (nSPS) is 10.3. The molecule has 8 heteroatoms. The quantitative estimate of drug-likeness (QED) is 0.435. The van der Waals surface area contributed by atoms with Gasteiger partial charge in [-0.3, -0.25) is 10.1 Å². The van der Waals surface area contributed by atoms with Crippen LogP contribution in [0.15, 0.2) is 12.1 Å². The van der Waals surface area contributed by atoms with E-state index in [-0.39, 0.29) is 5.69 Å². The zero-order valence-corrected chi connectivity index (χ0v) is 11.7. The number of unbranched alkanes of at least 4 members (excludes halogenated alkanes) is 1. The molecule has 2 N–H and O–H groups in total. The molecule has 0 aromatic heterocycles. The van der Waals surface area contributed by atoms with Crippen LogP contribution in [0.2, 0.25) is 0 Å². The highest BCUT2D eigenvalue weighted by Gasteiger charge is 2.21. The van der Waals surface area contributed by atoms with E-state index in [0.29, 0.717) is 6.54 Å². The minimum absolute atomic E-state index is 0.00153. The second kappa shape index (κ2) is 7.68. The SMILES string of the molecule is CSCCCCNc1cc(F)c(C(=O)O)cc1[N+](=O)[O-]. The highest BCUT2D eigenvalue weighted by atomic mass is 32.2. The van der Waals surface area contributed by atoms with Crippen LogP contribution in [-0.2, 0) is 0 Å². The molecule has 0 spiro atoms. The zero-order valence-electron chi connectivity index (χ0n) is 10.9. The molecule has 0 saturated heterocycles. The molecule has 0 heterocycles. The maximum Gasteiger partial charge on any atom is 0.338 e. The van der Waals surface area contributed by atoms with Crippen molar-refractivity contribution in [2.45, 2.75) is 12.8 Å². The highest BCUT2D eigenvalue weighted by Crippen LogP contribution is 2.28. The number of aromatic carboxylic acids is 1. The Balaban J connectivity index is 2.86. The molecule has 0 unspecified atom stereocenters. The first-order chi connectivity index (χ1) is 9.47. The topological polar surface area (TPSA) is 92.5 Å². The third-order valence-electron chi connectivity index (χ3n) is 2.60. The maximum absolute atomic E-state index is 13.5. The second-order valence-corrected chi connectivity index (χ2v) is 5.02. The molecule has 0 bridgehead atoms. The lowest BCUT2D eigenvalue weighted by Gasteiger charge is -2.08. The van der Waals surface area contributed by atoms with Crippen LogP contribution in [-0.4, -0.2) is 34.6 Å². The number of halogens is 1. The summed E-state index contributed by atoms with van der Waals surface area (Å²) in [6, 6.07) is 1.60. The van der Waals surface area contributed by atoms with E-state index < -0.39 is 28.0 Å². The number of thioether (sulfide) groups is 1. The molecule has 1 aromatic carbocycles. The van der Waals surface area contributed by atoms with Gasteiger partial charge in [-0.1, -0.05) is 0 Å². The van der Waals surface area contributed by atoms with Crippen molar-refractivity contribution in [1.29, 1.82) is 0 Å². The number of hydrogen-bond acceptors (Lipinski definition) is 5. The Morgan fingerprint density at radius 2 is 2.20 bits per heavy atom. The number of anilines is 1. The van der Waals surface area contributed by atoms with E-state index in [0.717, 1.165) is 30.7 Å². The van der Waals surface area contributed by atoms with Crippen LogP contribution >= 0.6 is 11.8 Å². The van der Waals surface area contributed by atoms with Crippen molar-refractivity contribution in [2.24, 2.45) is 0 Å². The van der Waals surface area contributed by atoms with Gasteiger partial charge in [-0.25, -0.2) is 9.18 Å². The molecule has 6 nitrogen and oxygen atoms in total. The van der Waals surface area contributed by atoms with Gasteiger partial charge in [-0.05, 0) is 24.9 Å². The average Bonchev–Trinajstić information content (AvgIpc) is 2.37. The van der Waals surface area contributed by atoms with E-state index in [9.17, 15) is 19.3 Å². The minimum atomic E-state index is -1.53. The van der Waals surface area contributed by atoms with Gasteiger partial charge in [-0.2, -0.15) is 11.8 Å². The second-order valence-electron chi connectivity index (χ2n) is 4.04. The van der Waals surface area contributed by atoms with Crippen molar-refractivity contribution < 1.29 is 19.2 Å². The first-order valence-corrected chi connectivity index (χ1v) is 7.30. The Kier molecular flexibility index (Phi) is 6.23. The van der Waals surface area contributed by atoms with Crippen LogP contribution in [0, 0.1) is 15.9 Å². The molecule has 0 saturated carbocycles. The average molecular weight is 302 g/mol. The maximum atomic E-state index is 13.5. The predicted molar refractivity (Wildman–Crippen MR) is 76.1 cm³/mol. The third kappa shape index (κ3) is 4.37. The summed E-state index contributed by atoms with van der Waals surface area (Å²) in [6.45, 7) is 0.466. The summed E-state index contributed by atoms with van der Waals surface area (Å²) in [5, 5.41) is 22.4. The van der Waals surface area contributed by atoms with Crippen LogP contribution in [0.25, 0.3) is 0 Å².